The fourth-order valence-corrected chi connectivity index (χ4v) is 10.6. The van der Waals surface area contributed by atoms with Crippen LogP contribution in [0.1, 0.15) is 293 Å². The van der Waals surface area contributed by atoms with Gasteiger partial charge in [0.05, 0.1) is 26.4 Å². The Kier molecular flexibility index (Phi) is 51.1. The predicted molar refractivity (Wildman–Crippen MR) is 321 cm³/mol. The second kappa shape index (κ2) is 52.4. The van der Waals surface area contributed by atoms with Gasteiger partial charge in [-0.25, -0.2) is 9.13 Å². The highest BCUT2D eigenvalue weighted by Gasteiger charge is 2.30. The molecule has 19 heteroatoms. The lowest BCUT2D eigenvalue weighted by Crippen LogP contribution is -2.30. The van der Waals surface area contributed by atoms with Crippen molar-refractivity contribution in [3.63, 3.8) is 0 Å². The molecule has 480 valence electrons. The number of hydrogen-bond acceptors (Lipinski definition) is 15. The van der Waals surface area contributed by atoms with Gasteiger partial charge < -0.3 is 33.8 Å². The van der Waals surface area contributed by atoms with Crippen LogP contribution in [0.5, 0.6) is 0 Å². The number of phosphoric acid groups is 2. The molecular formula is C62H120O17P2. The van der Waals surface area contributed by atoms with E-state index in [1.807, 2.05) is 0 Å². The van der Waals surface area contributed by atoms with Gasteiger partial charge in [-0.15, -0.1) is 0 Å². The largest absolute Gasteiger partial charge is 0.472 e. The third kappa shape index (κ3) is 55.7. The highest BCUT2D eigenvalue weighted by atomic mass is 31.2. The van der Waals surface area contributed by atoms with Crippen LogP contribution in [0, 0.1) is 23.7 Å². The van der Waals surface area contributed by atoms with Gasteiger partial charge in [0.15, 0.2) is 12.2 Å². The van der Waals surface area contributed by atoms with Gasteiger partial charge in [-0.3, -0.25) is 37.3 Å². The van der Waals surface area contributed by atoms with Crippen LogP contribution in [-0.2, 0) is 65.4 Å². The van der Waals surface area contributed by atoms with Crippen LogP contribution in [0.2, 0.25) is 0 Å². The zero-order valence-corrected chi connectivity index (χ0v) is 54.2. The van der Waals surface area contributed by atoms with Crippen LogP contribution in [0.15, 0.2) is 0 Å². The summed E-state index contributed by atoms with van der Waals surface area (Å²) in [5, 5.41) is 10.5. The normalized spacial score (nSPS) is 14.8. The molecule has 0 aliphatic carbocycles. The zero-order chi connectivity index (χ0) is 60.4. The standard InChI is InChI=1S/C62H120O17P2/c1-9-55(8)41-33-25-19-21-27-35-43-60(65)73-49-58(79-62(67)45-37-29-17-13-11-15-23-31-39-53(4)5)51-77-81(70,71)75-47-56(63)46-74-80(68,69)76-50-57(48-72-59(64)42-34-26-20-18-24-32-40-54(6)7)78-61(66)44-36-28-16-12-10-14-22-30-38-52(2)3/h52-58,63H,9-51H2,1-8H3,(H,68,69)(H,70,71)/t55?,56-,57+,58+/m0/s1. The molecular weight excluding hydrogens is 1080 g/mol. The zero-order valence-electron chi connectivity index (χ0n) is 52.4. The van der Waals surface area contributed by atoms with Gasteiger partial charge in [0.25, 0.3) is 0 Å². The molecule has 3 N–H and O–H groups in total. The molecule has 0 aliphatic rings. The lowest BCUT2D eigenvalue weighted by molar-refractivity contribution is -0.161. The van der Waals surface area contributed by atoms with Crippen LogP contribution in [0.4, 0.5) is 0 Å². The number of ether oxygens (including phenoxy) is 4. The smallest absolute Gasteiger partial charge is 0.462 e. The van der Waals surface area contributed by atoms with Crippen molar-refractivity contribution < 1.29 is 80.2 Å². The Morgan fingerprint density at radius 2 is 0.593 bits per heavy atom. The molecule has 0 aromatic heterocycles. The monoisotopic (exact) mass is 1200 g/mol. The second-order valence-corrected chi connectivity index (χ2v) is 27.0. The van der Waals surface area contributed by atoms with Crippen molar-refractivity contribution in [2.45, 2.75) is 311 Å². The average Bonchev–Trinajstić information content (AvgIpc) is 3.41. The highest BCUT2D eigenvalue weighted by molar-refractivity contribution is 7.47. The summed E-state index contributed by atoms with van der Waals surface area (Å²) in [6.07, 6.45) is 31.0. The quantitative estimate of drug-likeness (QED) is 0.0222. The van der Waals surface area contributed by atoms with Crippen LogP contribution in [0.25, 0.3) is 0 Å². The van der Waals surface area contributed by atoms with Crippen LogP contribution in [-0.4, -0.2) is 96.7 Å². The van der Waals surface area contributed by atoms with Crippen molar-refractivity contribution in [3.8, 4) is 0 Å². The molecule has 3 unspecified atom stereocenters. The van der Waals surface area contributed by atoms with Crippen molar-refractivity contribution in [1.29, 1.82) is 0 Å². The number of rotatable bonds is 59. The van der Waals surface area contributed by atoms with Gasteiger partial charge in [-0.2, -0.15) is 0 Å². The van der Waals surface area contributed by atoms with Crippen molar-refractivity contribution in [2.75, 3.05) is 39.6 Å². The predicted octanol–water partition coefficient (Wildman–Crippen LogP) is 16.6. The van der Waals surface area contributed by atoms with E-state index < -0.39 is 97.5 Å². The highest BCUT2D eigenvalue weighted by Crippen LogP contribution is 2.45. The second-order valence-electron chi connectivity index (χ2n) is 24.1. The Morgan fingerprint density at radius 3 is 0.877 bits per heavy atom. The molecule has 0 radical (unpaired) electrons. The van der Waals surface area contributed by atoms with Crippen molar-refractivity contribution in [1.82, 2.24) is 0 Å². The van der Waals surface area contributed by atoms with E-state index in [1.165, 1.54) is 83.5 Å². The van der Waals surface area contributed by atoms with E-state index >= 15 is 0 Å². The molecule has 0 fully saturated rings. The van der Waals surface area contributed by atoms with Gasteiger partial charge in [0.2, 0.25) is 0 Å². The van der Waals surface area contributed by atoms with E-state index in [-0.39, 0.29) is 25.7 Å². The minimum atomic E-state index is -4.94. The lowest BCUT2D eigenvalue weighted by Gasteiger charge is -2.21. The van der Waals surface area contributed by atoms with Gasteiger partial charge in [-0.05, 0) is 49.4 Å². The van der Waals surface area contributed by atoms with Crippen molar-refractivity contribution in [3.05, 3.63) is 0 Å². The number of phosphoric ester groups is 2. The minimum Gasteiger partial charge on any atom is -0.462 e. The summed E-state index contributed by atoms with van der Waals surface area (Å²) in [4.78, 5) is 72.1. The molecule has 81 heavy (non-hydrogen) atoms. The van der Waals surface area contributed by atoms with E-state index in [2.05, 4.69) is 55.4 Å². The van der Waals surface area contributed by atoms with Crippen LogP contribution < -0.4 is 0 Å². The van der Waals surface area contributed by atoms with E-state index in [9.17, 15) is 43.2 Å². The molecule has 0 saturated carbocycles. The summed E-state index contributed by atoms with van der Waals surface area (Å²) in [6, 6.07) is 0. The molecule has 0 aromatic rings. The Hall–Kier alpha value is -1.94. The van der Waals surface area contributed by atoms with Crippen molar-refractivity contribution >= 4 is 39.5 Å². The Labute approximate surface area is 492 Å². The summed E-state index contributed by atoms with van der Waals surface area (Å²) < 4.78 is 67.9. The molecule has 0 aliphatic heterocycles. The fourth-order valence-electron chi connectivity index (χ4n) is 9.04. The third-order valence-corrected chi connectivity index (χ3v) is 16.3. The van der Waals surface area contributed by atoms with Gasteiger partial charge >= 0.3 is 39.5 Å². The number of esters is 4. The summed E-state index contributed by atoms with van der Waals surface area (Å²) in [6.45, 7) is 13.9. The maximum atomic E-state index is 12.9. The number of aliphatic hydroxyl groups excluding tert-OH is 1. The molecule has 0 saturated heterocycles. The molecule has 0 spiro atoms. The Bertz CT molecular complexity index is 1630. The number of unbranched alkanes of at least 4 members (excludes halogenated alkanes) is 24. The molecule has 0 heterocycles. The number of aliphatic hydroxyl groups is 1. The van der Waals surface area contributed by atoms with E-state index in [1.54, 1.807) is 0 Å². The third-order valence-electron chi connectivity index (χ3n) is 14.4. The summed E-state index contributed by atoms with van der Waals surface area (Å²) in [5.74, 6) is 0.700. The average molecular weight is 1200 g/mol. The van der Waals surface area contributed by atoms with E-state index in [4.69, 9.17) is 37.0 Å². The van der Waals surface area contributed by atoms with Gasteiger partial charge in [0, 0.05) is 25.7 Å². The maximum Gasteiger partial charge on any atom is 0.472 e. The topological polar surface area (TPSA) is 237 Å². The summed E-state index contributed by atoms with van der Waals surface area (Å²) >= 11 is 0. The molecule has 6 atom stereocenters. The summed E-state index contributed by atoms with van der Waals surface area (Å²) in [5.41, 5.74) is 0. The molecule has 17 nitrogen and oxygen atoms in total. The lowest BCUT2D eigenvalue weighted by atomic mass is 10.00. The van der Waals surface area contributed by atoms with Crippen LogP contribution in [0.3, 0.4) is 0 Å². The first kappa shape index (κ1) is 79.1. The Balaban J connectivity index is 5.26. The first-order valence-electron chi connectivity index (χ1n) is 32.2. The SMILES string of the molecule is CCC(C)CCCCCCCCC(=O)OC[C@H](COP(=O)(O)OC[C@@H](O)COP(=O)(O)OC[C@@H](COC(=O)CCCCCCCCC(C)C)OC(=O)CCCCCCCCCCC(C)C)OC(=O)CCCCCCCCCCC(C)C. The van der Waals surface area contributed by atoms with Gasteiger partial charge in [0.1, 0.15) is 19.3 Å². The number of carbonyl (C=O) groups excluding carboxylic acids is 4. The first-order chi connectivity index (χ1) is 38.6. The van der Waals surface area contributed by atoms with Crippen LogP contribution >= 0.6 is 15.6 Å². The fraction of sp³-hybridized carbons (Fsp3) is 0.935. The number of carbonyl (C=O) groups is 4. The molecule has 0 amide bonds. The van der Waals surface area contributed by atoms with E-state index in [0.717, 1.165) is 120 Å². The molecule has 0 rings (SSSR count). The minimum absolute atomic E-state index is 0.102. The maximum absolute atomic E-state index is 12.9. The summed E-state index contributed by atoms with van der Waals surface area (Å²) in [7, 11) is -9.88. The number of hydrogen-bond donors (Lipinski definition) is 3. The van der Waals surface area contributed by atoms with Gasteiger partial charge in [-0.1, -0.05) is 242 Å². The molecule has 0 aromatic carbocycles. The Morgan fingerprint density at radius 1 is 0.346 bits per heavy atom. The van der Waals surface area contributed by atoms with Crippen molar-refractivity contribution in [2.24, 2.45) is 23.7 Å². The molecule has 0 bridgehead atoms. The first-order valence-corrected chi connectivity index (χ1v) is 35.2. The van der Waals surface area contributed by atoms with E-state index in [0.29, 0.717) is 31.6 Å².